The van der Waals surface area contributed by atoms with Crippen LogP contribution in [0.1, 0.15) is 5.56 Å². The Kier molecular flexibility index (Phi) is 5.76. The van der Waals surface area contributed by atoms with Gasteiger partial charge in [-0.25, -0.2) is 0 Å². The number of methoxy groups -OCH3 is 1. The lowest BCUT2D eigenvalue weighted by Gasteiger charge is -2.10. The molecule has 150 valence electrons. The Balaban J connectivity index is 1.68. The Labute approximate surface area is 177 Å². The number of ether oxygens (including phenoxy) is 1. The third-order valence-corrected chi connectivity index (χ3v) is 5.49. The van der Waals surface area contributed by atoms with Gasteiger partial charge in [-0.1, -0.05) is 42.1 Å². The van der Waals surface area contributed by atoms with Gasteiger partial charge in [0.15, 0.2) is 11.0 Å². The molecule has 0 saturated heterocycles. The van der Waals surface area contributed by atoms with Gasteiger partial charge in [-0.15, -0.1) is 10.2 Å². The molecule has 0 aliphatic rings. The molecule has 0 saturated carbocycles. The number of rotatable bonds is 7. The zero-order valence-electron chi connectivity index (χ0n) is 16.1. The summed E-state index contributed by atoms with van der Waals surface area (Å²) < 4.78 is 7.23. The number of benzene rings is 3. The van der Waals surface area contributed by atoms with Crippen molar-refractivity contribution in [1.29, 1.82) is 0 Å². The maximum atomic E-state index is 11.0. The molecule has 0 aliphatic heterocycles. The first-order valence-corrected chi connectivity index (χ1v) is 10.2. The maximum Gasteiger partial charge on any atom is 0.269 e. The van der Waals surface area contributed by atoms with Crippen LogP contribution >= 0.6 is 11.8 Å². The van der Waals surface area contributed by atoms with Crippen molar-refractivity contribution in [2.45, 2.75) is 10.9 Å². The number of nitro benzene ring substituents is 1. The summed E-state index contributed by atoms with van der Waals surface area (Å²) >= 11 is 1.48. The average molecular weight is 418 g/mol. The summed E-state index contributed by atoms with van der Waals surface area (Å²) in [4.78, 5) is 10.6. The lowest BCUT2D eigenvalue weighted by Crippen LogP contribution is -1.99. The minimum absolute atomic E-state index is 0.0801. The molecule has 0 N–H and O–H groups in total. The van der Waals surface area contributed by atoms with Crippen molar-refractivity contribution in [2.75, 3.05) is 7.11 Å². The molecule has 0 radical (unpaired) electrons. The molecule has 3 aromatic carbocycles. The largest absolute Gasteiger partial charge is 0.497 e. The van der Waals surface area contributed by atoms with Crippen LogP contribution < -0.4 is 4.74 Å². The van der Waals surface area contributed by atoms with Crippen LogP contribution in [0.25, 0.3) is 17.1 Å². The third kappa shape index (κ3) is 4.18. The molecule has 4 aromatic rings. The number of hydrogen-bond acceptors (Lipinski definition) is 6. The van der Waals surface area contributed by atoms with E-state index < -0.39 is 0 Å². The summed E-state index contributed by atoms with van der Waals surface area (Å²) in [5.41, 5.74) is 2.78. The van der Waals surface area contributed by atoms with Gasteiger partial charge in [-0.3, -0.25) is 14.7 Å². The Hall–Kier alpha value is -3.65. The normalized spacial score (nSPS) is 10.7. The third-order valence-electron chi connectivity index (χ3n) is 4.49. The minimum Gasteiger partial charge on any atom is -0.497 e. The number of para-hydroxylation sites is 1. The van der Waals surface area contributed by atoms with E-state index in [1.54, 1.807) is 19.2 Å². The van der Waals surface area contributed by atoms with Crippen LogP contribution in [0.2, 0.25) is 0 Å². The maximum absolute atomic E-state index is 11.0. The van der Waals surface area contributed by atoms with Crippen molar-refractivity contribution < 1.29 is 9.66 Å². The summed E-state index contributed by atoms with van der Waals surface area (Å²) in [6.45, 7) is 0. The molecule has 8 heteroatoms. The second kappa shape index (κ2) is 8.79. The van der Waals surface area contributed by atoms with Crippen molar-refractivity contribution >= 4 is 17.4 Å². The Morgan fingerprint density at radius 3 is 2.47 bits per heavy atom. The zero-order valence-corrected chi connectivity index (χ0v) is 17.0. The second-order valence-electron chi connectivity index (χ2n) is 6.42. The van der Waals surface area contributed by atoms with E-state index in [0.717, 1.165) is 22.6 Å². The summed E-state index contributed by atoms with van der Waals surface area (Å²) in [5, 5.41) is 20.6. The first-order chi connectivity index (χ1) is 14.7. The number of aromatic nitrogens is 3. The second-order valence-corrected chi connectivity index (χ2v) is 7.36. The monoisotopic (exact) mass is 418 g/mol. The molecule has 0 fully saturated rings. The average Bonchev–Trinajstić information content (AvgIpc) is 3.22. The van der Waals surface area contributed by atoms with Crippen molar-refractivity contribution in [3.63, 3.8) is 0 Å². The summed E-state index contributed by atoms with van der Waals surface area (Å²) in [5.74, 6) is 2.02. The van der Waals surface area contributed by atoms with Gasteiger partial charge in [0.05, 0.1) is 12.0 Å². The van der Waals surface area contributed by atoms with Gasteiger partial charge in [0, 0.05) is 29.1 Å². The van der Waals surface area contributed by atoms with E-state index in [4.69, 9.17) is 4.74 Å². The van der Waals surface area contributed by atoms with Crippen LogP contribution in [0.15, 0.2) is 84.0 Å². The number of non-ortho nitro benzene ring substituents is 1. The molecular weight excluding hydrogens is 400 g/mol. The van der Waals surface area contributed by atoms with Gasteiger partial charge in [-0.2, -0.15) is 0 Å². The van der Waals surface area contributed by atoms with Gasteiger partial charge in [0.25, 0.3) is 5.69 Å². The van der Waals surface area contributed by atoms with Crippen LogP contribution in [-0.2, 0) is 5.75 Å². The first-order valence-electron chi connectivity index (χ1n) is 9.17. The lowest BCUT2D eigenvalue weighted by molar-refractivity contribution is -0.384. The highest BCUT2D eigenvalue weighted by atomic mass is 32.2. The summed E-state index contributed by atoms with van der Waals surface area (Å²) in [6, 6.07) is 24.1. The Bertz CT molecular complexity index is 1160. The number of nitrogens with zero attached hydrogens (tertiary/aromatic N) is 4. The molecule has 4 rings (SSSR count). The van der Waals surface area contributed by atoms with Crippen LogP contribution in [0, 0.1) is 10.1 Å². The molecule has 0 spiro atoms. The summed E-state index contributed by atoms with van der Waals surface area (Å²) in [6.07, 6.45) is 0. The van der Waals surface area contributed by atoms with Crippen molar-refractivity contribution in [3.8, 4) is 22.8 Å². The smallest absolute Gasteiger partial charge is 0.269 e. The molecule has 0 aliphatic carbocycles. The fraction of sp³-hybridized carbons (Fsp3) is 0.0909. The highest BCUT2D eigenvalue weighted by Crippen LogP contribution is 2.31. The van der Waals surface area contributed by atoms with Crippen LogP contribution in [0.5, 0.6) is 5.75 Å². The van der Waals surface area contributed by atoms with Gasteiger partial charge >= 0.3 is 0 Å². The highest BCUT2D eigenvalue weighted by molar-refractivity contribution is 7.98. The number of nitro groups is 1. The van der Waals surface area contributed by atoms with Crippen molar-refractivity contribution in [1.82, 2.24) is 14.8 Å². The predicted molar refractivity (Wildman–Crippen MR) is 116 cm³/mol. The molecule has 0 unspecified atom stereocenters. The topological polar surface area (TPSA) is 83.1 Å². The minimum atomic E-state index is -0.386. The molecule has 30 heavy (non-hydrogen) atoms. The van der Waals surface area contributed by atoms with Crippen molar-refractivity contribution in [2.24, 2.45) is 0 Å². The van der Waals surface area contributed by atoms with Gasteiger partial charge in [-0.05, 0) is 42.0 Å². The van der Waals surface area contributed by atoms with E-state index in [1.165, 1.54) is 17.8 Å². The first kappa shape index (κ1) is 19.7. The zero-order chi connectivity index (χ0) is 20.9. The van der Waals surface area contributed by atoms with E-state index in [0.29, 0.717) is 16.7 Å². The fourth-order valence-corrected chi connectivity index (χ4v) is 3.90. The molecular formula is C22H18N4O3S. The highest BCUT2D eigenvalue weighted by Gasteiger charge is 2.17. The van der Waals surface area contributed by atoms with Gasteiger partial charge < -0.3 is 4.74 Å². The van der Waals surface area contributed by atoms with Crippen LogP contribution in [-0.4, -0.2) is 26.8 Å². The number of hydrogen-bond donors (Lipinski definition) is 0. The molecule has 0 bridgehead atoms. The van der Waals surface area contributed by atoms with E-state index >= 15 is 0 Å². The van der Waals surface area contributed by atoms with Crippen LogP contribution in [0.4, 0.5) is 5.69 Å². The fourth-order valence-electron chi connectivity index (χ4n) is 3.01. The van der Waals surface area contributed by atoms with E-state index in [2.05, 4.69) is 10.2 Å². The lowest BCUT2D eigenvalue weighted by atomic mass is 10.2. The Morgan fingerprint density at radius 2 is 1.77 bits per heavy atom. The Morgan fingerprint density at radius 1 is 1.00 bits per heavy atom. The molecule has 0 amide bonds. The van der Waals surface area contributed by atoms with Gasteiger partial charge in [0.2, 0.25) is 0 Å². The predicted octanol–water partition coefficient (Wildman–Crippen LogP) is 5.14. The van der Waals surface area contributed by atoms with E-state index in [-0.39, 0.29) is 10.6 Å². The SMILES string of the molecule is COc1ccc(-c2nnc(SCc3cccc([N+](=O)[O-])c3)n2-c2ccccc2)cc1. The summed E-state index contributed by atoms with van der Waals surface area (Å²) in [7, 11) is 1.63. The van der Waals surface area contributed by atoms with Gasteiger partial charge in [0.1, 0.15) is 5.75 Å². The van der Waals surface area contributed by atoms with Crippen molar-refractivity contribution in [3.05, 3.63) is 94.5 Å². The molecule has 1 heterocycles. The van der Waals surface area contributed by atoms with Crippen LogP contribution in [0.3, 0.4) is 0 Å². The van der Waals surface area contributed by atoms with E-state index in [9.17, 15) is 10.1 Å². The standard InChI is InChI=1S/C22H18N4O3S/c1-29-20-12-10-17(11-13-20)21-23-24-22(25(21)18-7-3-2-4-8-18)30-15-16-6-5-9-19(14-16)26(27)28/h2-14H,15H2,1H3. The molecule has 0 atom stereocenters. The number of thioether (sulfide) groups is 1. The quantitative estimate of drug-likeness (QED) is 0.235. The molecule has 1 aromatic heterocycles. The molecule has 7 nitrogen and oxygen atoms in total. The van der Waals surface area contributed by atoms with E-state index in [1.807, 2.05) is 65.2 Å².